The van der Waals surface area contributed by atoms with Crippen LogP contribution in [-0.4, -0.2) is 23.4 Å². The van der Waals surface area contributed by atoms with E-state index in [1.165, 1.54) is 4.68 Å². The second-order valence-corrected chi connectivity index (χ2v) is 7.75. The summed E-state index contributed by atoms with van der Waals surface area (Å²) >= 11 is 6.16. The van der Waals surface area contributed by atoms with Crippen LogP contribution in [0, 0.1) is 0 Å². The Morgan fingerprint density at radius 1 is 1.30 bits per heavy atom. The van der Waals surface area contributed by atoms with Gasteiger partial charge in [0.25, 0.3) is 15.6 Å². The van der Waals surface area contributed by atoms with Crippen molar-refractivity contribution in [2.45, 2.75) is 32.7 Å². The summed E-state index contributed by atoms with van der Waals surface area (Å²) in [7, 11) is -3.74. The van der Waals surface area contributed by atoms with Crippen LogP contribution in [0.1, 0.15) is 32.7 Å². The van der Waals surface area contributed by atoms with Gasteiger partial charge in [-0.2, -0.15) is 4.09 Å². The first-order valence-electron chi connectivity index (χ1n) is 7.28. The number of aromatic nitrogens is 2. The molecule has 1 aromatic heterocycles. The number of anilines is 1. The number of halogens is 1. The van der Waals surface area contributed by atoms with Gasteiger partial charge in [0, 0.05) is 10.6 Å². The topological polar surface area (TPSA) is 87.1 Å². The largest absolute Gasteiger partial charge is 0.382 e. The van der Waals surface area contributed by atoms with E-state index in [1.54, 1.807) is 31.2 Å². The van der Waals surface area contributed by atoms with E-state index < -0.39 is 15.6 Å². The third-order valence-electron chi connectivity index (χ3n) is 3.66. The highest BCUT2D eigenvalue weighted by Gasteiger charge is 2.27. The average molecular weight is 358 g/mol. The summed E-state index contributed by atoms with van der Waals surface area (Å²) in [5.41, 5.74) is 6.12. The number of benzene rings is 1. The molecule has 0 aliphatic rings. The van der Waals surface area contributed by atoms with E-state index in [9.17, 15) is 13.2 Å². The van der Waals surface area contributed by atoms with Crippen molar-refractivity contribution in [1.29, 1.82) is 0 Å². The Hall–Kier alpha value is -1.73. The maximum Gasteiger partial charge on any atom is 0.278 e. The van der Waals surface area contributed by atoms with E-state index in [-0.39, 0.29) is 17.4 Å². The highest BCUT2D eigenvalue weighted by molar-refractivity contribution is 7.89. The Labute approximate surface area is 140 Å². The van der Waals surface area contributed by atoms with Crippen LogP contribution in [0.4, 0.5) is 5.82 Å². The first-order chi connectivity index (χ1) is 10.7. The summed E-state index contributed by atoms with van der Waals surface area (Å²) in [6.07, 6.45) is 2.49. The molecular weight excluding hydrogens is 338 g/mol. The molecular formula is C15H20ClN3O3S. The fraction of sp³-hybridized carbons (Fsp3) is 0.400. The maximum absolute atomic E-state index is 12.9. The molecule has 0 saturated heterocycles. The van der Waals surface area contributed by atoms with Gasteiger partial charge in [0.2, 0.25) is 0 Å². The zero-order valence-corrected chi connectivity index (χ0v) is 14.9. The fourth-order valence-corrected chi connectivity index (χ4v) is 3.93. The molecule has 2 rings (SSSR count). The first kappa shape index (κ1) is 17.6. The minimum atomic E-state index is -3.74. The van der Waals surface area contributed by atoms with Gasteiger partial charge in [0.15, 0.2) is 0 Å². The third-order valence-corrected chi connectivity index (χ3v) is 4.99. The summed E-state index contributed by atoms with van der Waals surface area (Å²) in [6, 6.07) is 6.43. The lowest BCUT2D eigenvalue weighted by Gasteiger charge is -2.16. The van der Waals surface area contributed by atoms with Crippen LogP contribution in [0.15, 0.2) is 29.1 Å². The quantitative estimate of drug-likeness (QED) is 0.891. The van der Waals surface area contributed by atoms with Crippen LogP contribution in [0.5, 0.6) is 0 Å². The molecule has 126 valence electrons. The monoisotopic (exact) mass is 357 g/mol. The van der Waals surface area contributed by atoms with Gasteiger partial charge in [0.1, 0.15) is 5.82 Å². The second-order valence-electron chi connectivity index (χ2n) is 5.53. The Morgan fingerprint density at radius 3 is 2.43 bits per heavy atom. The van der Waals surface area contributed by atoms with E-state index in [0.29, 0.717) is 17.0 Å². The number of rotatable bonds is 5. The van der Waals surface area contributed by atoms with Crippen molar-refractivity contribution in [2.24, 2.45) is 0 Å². The number of hydrogen-bond donors (Lipinski definition) is 1. The summed E-state index contributed by atoms with van der Waals surface area (Å²) in [5.74, 6) is -0.117. The Balaban J connectivity index is 2.87. The van der Waals surface area contributed by atoms with Gasteiger partial charge in [-0.15, -0.1) is 0 Å². The van der Waals surface area contributed by atoms with Crippen molar-refractivity contribution in [3.05, 3.63) is 39.6 Å². The lowest BCUT2D eigenvalue weighted by Crippen LogP contribution is -2.30. The lowest BCUT2D eigenvalue weighted by molar-refractivity contribution is 0.421. The first-order valence-corrected chi connectivity index (χ1v) is 9.51. The zero-order chi connectivity index (χ0) is 17.4. The molecule has 0 fully saturated rings. The van der Waals surface area contributed by atoms with Gasteiger partial charge in [-0.3, -0.25) is 4.79 Å². The lowest BCUT2D eigenvalue weighted by atomic mass is 10.1. The molecule has 6 nitrogen and oxygen atoms in total. The second kappa shape index (κ2) is 6.41. The number of nitrogen functional groups attached to an aromatic ring is 1. The molecule has 1 heterocycles. The summed E-state index contributed by atoms with van der Waals surface area (Å²) in [4.78, 5) is 12.9. The van der Waals surface area contributed by atoms with E-state index in [0.717, 1.165) is 16.8 Å². The number of nitrogens with two attached hydrogens (primary N) is 1. The molecule has 23 heavy (non-hydrogen) atoms. The fourth-order valence-electron chi connectivity index (χ4n) is 2.69. The van der Waals surface area contributed by atoms with Gasteiger partial charge >= 0.3 is 0 Å². The summed E-state index contributed by atoms with van der Waals surface area (Å²) in [6.45, 7) is 3.76. The Kier molecular flexibility index (Phi) is 4.91. The zero-order valence-electron chi connectivity index (χ0n) is 13.3. The van der Waals surface area contributed by atoms with Gasteiger partial charge < -0.3 is 5.73 Å². The number of nitrogens with zero attached hydrogens (tertiary/aromatic N) is 2. The van der Waals surface area contributed by atoms with Gasteiger partial charge in [0.05, 0.1) is 17.9 Å². The molecule has 0 radical (unpaired) electrons. The van der Waals surface area contributed by atoms with Gasteiger partial charge in [-0.1, -0.05) is 43.1 Å². The van der Waals surface area contributed by atoms with Crippen molar-refractivity contribution in [1.82, 2.24) is 8.77 Å². The van der Waals surface area contributed by atoms with Crippen molar-refractivity contribution < 1.29 is 8.42 Å². The van der Waals surface area contributed by atoms with Gasteiger partial charge in [-0.05, 0) is 19.4 Å². The van der Waals surface area contributed by atoms with Gasteiger partial charge in [-0.25, -0.2) is 13.1 Å². The minimum absolute atomic E-state index is 0.115. The molecule has 8 heteroatoms. The minimum Gasteiger partial charge on any atom is -0.382 e. The van der Waals surface area contributed by atoms with E-state index in [2.05, 4.69) is 0 Å². The normalized spacial score (nSPS) is 13.2. The molecule has 0 spiro atoms. The summed E-state index contributed by atoms with van der Waals surface area (Å²) < 4.78 is 26.4. The van der Waals surface area contributed by atoms with Crippen LogP contribution < -0.4 is 11.3 Å². The molecule has 1 aromatic carbocycles. The smallest absolute Gasteiger partial charge is 0.278 e. The molecule has 1 unspecified atom stereocenters. The van der Waals surface area contributed by atoms with Crippen LogP contribution >= 0.6 is 11.6 Å². The van der Waals surface area contributed by atoms with Crippen molar-refractivity contribution in [3.63, 3.8) is 0 Å². The highest BCUT2D eigenvalue weighted by atomic mass is 35.5. The van der Waals surface area contributed by atoms with E-state index in [1.807, 2.05) is 6.92 Å². The van der Waals surface area contributed by atoms with Crippen LogP contribution in [0.2, 0.25) is 5.02 Å². The molecule has 0 aliphatic carbocycles. The van der Waals surface area contributed by atoms with Crippen molar-refractivity contribution in [2.75, 3.05) is 12.0 Å². The highest BCUT2D eigenvalue weighted by Crippen LogP contribution is 2.31. The predicted octanol–water partition coefficient (Wildman–Crippen LogP) is 2.72. The molecule has 0 amide bonds. The van der Waals surface area contributed by atoms with E-state index >= 15 is 0 Å². The van der Waals surface area contributed by atoms with Crippen molar-refractivity contribution in [3.8, 4) is 11.1 Å². The molecule has 1 atom stereocenters. The maximum atomic E-state index is 12.9. The van der Waals surface area contributed by atoms with Crippen LogP contribution in [-0.2, 0) is 10.0 Å². The standard InChI is InChI=1S/C15H20ClN3O3S/c1-4-7-10(2)18-15(20)13(11-8-5-6-9-12(11)16)14(17)19(18)23(3,21)22/h5-6,8-10H,4,7,17H2,1-3H3. The van der Waals surface area contributed by atoms with Crippen LogP contribution in [0.25, 0.3) is 11.1 Å². The Bertz CT molecular complexity index is 884. The van der Waals surface area contributed by atoms with E-state index in [4.69, 9.17) is 17.3 Å². The predicted molar refractivity (Wildman–Crippen MR) is 93.4 cm³/mol. The van der Waals surface area contributed by atoms with Crippen LogP contribution in [0.3, 0.4) is 0 Å². The molecule has 0 saturated carbocycles. The number of hydrogen-bond acceptors (Lipinski definition) is 4. The van der Waals surface area contributed by atoms with Crippen molar-refractivity contribution >= 4 is 27.4 Å². The average Bonchev–Trinajstić information content (AvgIpc) is 2.71. The summed E-state index contributed by atoms with van der Waals surface area (Å²) in [5, 5.41) is 0.345. The Morgan fingerprint density at radius 2 is 1.91 bits per heavy atom. The molecule has 0 bridgehead atoms. The molecule has 0 aliphatic heterocycles. The molecule has 2 aromatic rings. The SMILES string of the molecule is CCCC(C)n1c(=O)c(-c2ccccc2Cl)c(N)n1S(C)(=O)=O. The third kappa shape index (κ3) is 3.16. The molecule has 2 N–H and O–H groups in total.